The summed E-state index contributed by atoms with van der Waals surface area (Å²) >= 11 is 0. The fraction of sp³-hybridized carbons (Fsp3) is 0.250. The summed E-state index contributed by atoms with van der Waals surface area (Å²) in [6, 6.07) is 35.1. The molecule has 0 amide bonds. The number of carbonyl (C=O) groups excluding carboxylic acids is 3. The van der Waals surface area contributed by atoms with Crippen LogP contribution in [0.4, 0.5) is 69.5 Å². The van der Waals surface area contributed by atoms with Crippen molar-refractivity contribution in [3.8, 4) is 45.3 Å². The molecule has 498 valence electrons. The lowest BCUT2D eigenvalue weighted by molar-refractivity contribution is -0.114. The first-order chi connectivity index (χ1) is 47.1. The summed E-state index contributed by atoms with van der Waals surface area (Å²) in [5.74, 6) is -0.0728. The van der Waals surface area contributed by atoms with Crippen LogP contribution in [0.5, 0.6) is 11.5 Å². The zero-order valence-electron chi connectivity index (χ0n) is 54.1. The molecule has 3 fully saturated rings. The van der Waals surface area contributed by atoms with E-state index in [0.29, 0.717) is 74.1 Å². The number of allylic oxidation sites excluding steroid dienone is 3. The van der Waals surface area contributed by atoms with Crippen LogP contribution >= 0.6 is 0 Å². The molecule has 3 aromatic heterocycles. The van der Waals surface area contributed by atoms with E-state index < -0.39 is 17.5 Å². The van der Waals surface area contributed by atoms with Crippen molar-refractivity contribution in [1.82, 2.24) is 29.9 Å². The monoisotopic (exact) mass is 1310 g/mol. The highest BCUT2D eigenvalue weighted by Crippen LogP contribution is 2.37. The second kappa shape index (κ2) is 33.3. The molecule has 6 aromatic carbocycles. The van der Waals surface area contributed by atoms with Crippen LogP contribution in [0, 0.1) is 23.3 Å². The third kappa shape index (κ3) is 18.6. The van der Waals surface area contributed by atoms with E-state index in [1.807, 2.05) is 18.2 Å². The zero-order valence-corrected chi connectivity index (χ0v) is 54.1. The molecule has 0 unspecified atom stereocenters. The molecule has 6 heterocycles. The molecule has 97 heavy (non-hydrogen) atoms. The number of ketones is 3. The van der Waals surface area contributed by atoms with Gasteiger partial charge in [0.05, 0.1) is 41.3 Å². The number of phenols is 1. The average molecular weight is 1310 g/mol. The Morgan fingerprint density at radius 3 is 1.14 bits per heavy atom. The number of nitrogens with zero attached hydrogens (tertiary/aromatic N) is 9. The van der Waals surface area contributed by atoms with Gasteiger partial charge in [-0.25, -0.2) is 47.5 Å². The van der Waals surface area contributed by atoms with E-state index >= 15 is 0 Å². The van der Waals surface area contributed by atoms with Crippen LogP contribution in [0.2, 0.25) is 0 Å². The van der Waals surface area contributed by atoms with Crippen molar-refractivity contribution in [2.24, 2.45) is 0 Å². The van der Waals surface area contributed by atoms with Crippen LogP contribution < -0.4 is 35.4 Å². The SMILES string of the molecule is C=CC(=O)Cc1cc(-c2ccnc(Nc3ccc(F)c(N4CCCCC4)c3)n2)ccc1F.C=CC(=O)Cc1cc(-c2ccnc(Nc3ccc(O)c(N4CCCCC4)c3)n2)ccc1F.C=CC(=O)Cc1cc(-c2ccnc(Nc3ccc(OC)c(N4CCCCC4)c3)n2)ccc1F. The van der Waals surface area contributed by atoms with Crippen molar-refractivity contribution < 1.29 is 41.8 Å². The molecule has 0 spiro atoms. The summed E-state index contributed by atoms with van der Waals surface area (Å²) < 4.78 is 62.4. The summed E-state index contributed by atoms with van der Waals surface area (Å²) in [5, 5.41) is 19.9. The number of aromatic hydroxyl groups is 1. The first kappa shape index (κ1) is 68.8. The Balaban J connectivity index is 0.000000158. The fourth-order valence-corrected chi connectivity index (χ4v) is 11.6. The Kier molecular flexibility index (Phi) is 23.6. The van der Waals surface area contributed by atoms with E-state index in [1.54, 1.807) is 105 Å². The molecule has 3 aliphatic heterocycles. The van der Waals surface area contributed by atoms with Gasteiger partial charge in [0.15, 0.2) is 17.3 Å². The molecule has 0 saturated carbocycles. The summed E-state index contributed by atoms with van der Waals surface area (Å²) in [6.45, 7) is 15.9. The van der Waals surface area contributed by atoms with Crippen molar-refractivity contribution in [2.45, 2.75) is 77.0 Å². The highest BCUT2D eigenvalue weighted by atomic mass is 19.1. The average Bonchev–Trinajstić information content (AvgIpc) is 0.918. The number of methoxy groups -OCH3 is 1. The number of hydrogen-bond donors (Lipinski definition) is 4. The van der Waals surface area contributed by atoms with Crippen LogP contribution in [-0.4, -0.2) is 98.7 Å². The van der Waals surface area contributed by atoms with Gasteiger partial charge in [-0.05, 0) is 220 Å². The smallest absolute Gasteiger partial charge is 0.227 e. The maximum atomic E-state index is 14.4. The Hall–Kier alpha value is -11.1. The van der Waals surface area contributed by atoms with Crippen molar-refractivity contribution in [3.63, 3.8) is 0 Å². The summed E-state index contributed by atoms with van der Waals surface area (Å²) in [7, 11) is 1.68. The molecule has 21 heteroatoms. The Bertz CT molecular complexity index is 4130. The van der Waals surface area contributed by atoms with Crippen molar-refractivity contribution in [1.29, 1.82) is 0 Å². The minimum absolute atomic E-state index is 0.0372. The first-order valence-corrected chi connectivity index (χ1v) is 32.3. The predicted molar refractivity (Wildman–Crippen MR) is 375 cm³/mol. The van der Waals surface area contributed by atoms with Gasteiger partial charge in [0.25, 0.3) is 0 Å². The quantitative estimate of drug-likeness (QED) is 0.0283. The minimum Gasteiger partial charge on any atom is -0.506 e. The topological polar surface area (TPSA) is 204 Å². The van der Waals surface area contributed by atoms with Crippen LogP contribution in [0.15, 0.2) is 184 Å². The highest BCUT2D eigenvalue weighted by Gasteiger charge is 2.21. The number of anilines is 9. The number of nitrogens with one attached hydrogen (secondary N) is 3. The van der Waals surface area contributed by atoms with Gasteiger partial charge in [0.2, 0.25) is 17.8 Å². The van der Waals surface area contributed by atoms with Gasteiger partial charge in [-0.2, -0.15) is 0 Å². The molecule has 12 rings (SSSR count). The molecule has 3 saturated heterocycles. The first-order valence-electron chi connectivity index (χ1n) is 32.3. The van der Waals surface area contributed by atoms with E-state index in [2.05, 4.69) is 86.4 Å². The number of aromatic nitrogens is 6. The molecular weight excluding hydrogens is 1240 g/mol. The maximum Gasteiger partial charge on any atom is 0.227 e. The third-order valence-corrected chi connectivity index (χ3v) is 16.7. The van der Waals surface area contributed by atoms with Crippen LogP contribution in [0.3, 0.4) is 0 Å². The fourth-order valence-electron chi connectivity index (χ4n) is 11.6. The largest absolute Gasteiger partial charge is 0.506 e. The maximum absolute atomic E-state index is 14.4. The lowest BCUT2D eigenvalue weighted by atomic mass is 10.0. The number of rotatable bonds is 22. The number of piperidine rings is 3. The molecule has 4 N–H and O–H groups in total. The predicted octanol–water partition coefficient (Wildman–Crippen LogP) is 15.8. The number of halogens is 4. The normalized spacial score (nSPS) is 13.6. The van der Waals surface area contributed by atoms with Gasteiger partial charge >= 0.3 is 0 Å². The molecule has 0 bridgehead atoms. The molecule has 0 radical (unpaired) electrons. The molecule has 0 aliphatic carbocycles. The zero-order chi connectivity index (χ0) is 68.2. The second-order valence-corrected chi connectivity index (χ2v) is 23.5. The van der Waals surface area contributed by atoms with Gasteiger partial charge < -0.3 is 40.5 Å². The Morgan fingerprint density at radius 2 is 0.763 bits per heavy atom. The van der Waals surface area contributed by atoms with Crippen molar-refractivity contribution in [3.05, 3.63) is 224 Å². The minimum atomic E-state index is -0.451. The van der Waals surface area contributed by atoms with Crippen molar-refractivity contribution >= 4 is 69.3 Å². The van der Waals surface area contributed by atoms with Gasteiger partial charge in [0, 0.05) is 111 Å². The molecular formula is C76H76F4N12O5. The third-order valence-electron chi connectivity index (χ3n) is 16.7. The van der Waals surface area contributed by atoms with E-state index in [0.717, 1.165) is 93.5 Å². The van der Waals surface area contributed by atoms with E-state index in [-0.39, 0.29) is 53.7 Å². The standard InChI is InChI=1S/C26H27FN4O2.C25H24F2N4O.C25H25FN4O2/c1-3-21(32)16-19-15-18(7-9-22(19)27)23-11-12-28-26(30-23)29-20-8-10-25(33-2)24(17-20)31-13-5-4-6-14-31;1-2-20(32)15-18-14-17(6-8-21(18)26)23-10-11-28-25(30-23)29-19-7-9-22(27)24(16-19)31-12-4-3-5-13-31;1-2-20(31)15-18-14-17(6-8-21(18)26)22-10-11-27-25(29-22)28-19-7-9-24(32)23(16-19)30-12-4-3-5-13-30/h3,7-12,15,17H,1,4-6,13-14,16H2,2H3,(H,28,29,30);2,6-11,14,16H,1,3-5,12-13,15H2,(H,28,29,30);2,6-11,14,16,32H,1,3-5,12-13,15H2,(H,27,28,29). The number of phenolic OH excluding ortho intramolecular Hbond substituents is 1. The van der Waals surface area contributed by atoms with Crippen LogP contribution in [-0.2, 0) is 33.6 Å². The number of benzene rings is 6. The molecule has 9 aromatic rings. The van der Waals surface area contributed by atoms with Gasteiger partial charge in [0.1, 0.15) is 34.8 Å². The summed E-state index contributed by atoms with van der Waals surface area (Å²) in [5.41, 5.74) is 9.46. The number of ether oxygens (including phenoxy) is 1. The summed E-state index contributed by atoms with van der Waals surface area (Å²) in [6.07, 6.45) is 18.6. The second-order valence-electron chi connectivity index (χ2n) is 23.5. The Labute approximate surface area is 561 Å². The van der Waals surface area contributed by atoms with Gasteiger partial charge in [-0.3, -0.25) is 14.4 Å². The molecule has 17 nitrogen and oxygen atoms in total. The lowest BCUT2D eigenvalue weighted by Gasteiger charge is -2.30. The molecule has 0 atom stereocenters. The van der Waals surface area contributed by atoms with Crippen LogP contribution in [0.25, 0.3) is 33.8 Å². The van der Waals surface area contributed by atoms with E-state index in [4.69, 9.17) is 4.74 Å². The number of hydrogen-bond acceptors (Lipinski definition) is 17. The lowest BCUT2D eigenvalue weighted by Crippen LogP contribution is -2.30. The Morgan fingerprint density at radius 1 is 0.433 bits per heavy atom. The van der Waals surface area contributed by atoms with Gasteiger partial charge in [-0.15, -0.1) is 0 Å². The highest BCUT2D eigenvalue weighted by molar-refractivity contribution is 5.92. The van der Waals surface area contributed by atoms with E-state index in [9.17, 15) is 37.1 Å². The van der Waals surface area contributed by atoms with Gasteiger partial charge in [-0.1, -0.05) is 19.7 Å². The van der Waals surface area contributed by atoms with Crippen LogP contribution in [0.1, 0.15) is 74.5 Å². The van der Waals surface area contributed by atoms with Crippen molar-refractivity contribution in [2.75, 3.05) is 77.0 Å². The molecule has 3 aliphatic rings. The summed E-state index contributed by atoms with van der Waals surface area (Å²) in [4.78, 5) is 68.1. The van der Waals surface area contributed by atoms with E-state index in [1.165, 1.54) is 74.6 Å². The number of carbonyl (C=O) groups is 3.